The van der Waals surface area contributed by atoms with Gasteiger partial charge in [-0.25, -0.2) is 8.42 Å². The molecule has 0 N–H and O–H groups in total. The average molecular weight is 310 g/mol. The van der Waals surface area contributed by atoms with Gasteiger partial charge >= 0.3 is 0 Å². The van der Waals surface area contributed by atoms with Gasteiger partial charge in [-0.05, 0) is 41.5 Å². The standard InChI is InChI=1S/C17H26O3S/c1-12-9-14(17(3,4)5)10-13(2)16(12)11-15(18)7-8-21(6,19)20/h9-10H,7-8,11H2,1-6H3. The Labute approximate surface area is 128 Å². The summed E-state index contributed by atoms with van der Waals surface area (Å²) < 4.78 is 22.2. The Morgan fingerprint density at radius 3 is 1.95 bits per heavy atom. The highest BCUT2D eigenvalue weighted by atomic mass is 32.2. The number of sulfone groups is 1. The summed E-state index contributed by atoms with van der Waals surface area (Å²) in [5.74, 6) is -0.0839. The number of hydrogen-bond acceptors (Lipinski definition) is 3. The molecule has 0 saturated carbocycles. The topological polar surface area (TPSA) is 51.2 Å². The molecule has 0 fully saturated rings. The molecule has 21 heavy (non-hydrogen) atoms. The van der Waals surface area contributed by atoms with E-state index in [1.807, 2.05) is 13.8 Å². The first kappa shape index (κ1) is 17.9. The summed E-state index contributed by atoms with van der Waals surface area (Å²) in [6, 6.07) is 4.26. The van der Waals surface area contributed by atoms with Crippen molar-refractivity contribution in [1.29, 1.82) is 0 Å². The first-order valence-electron chi connectivity index (χ1n) is 7.20. The van der Waals surface area contributed by atoms with E-state index in [0.717, 1.165) is 22.9 Å². The molecule has 3 nitrogen and oxygen atoms in total. The molecule has 0 spiro atoms. The van der Waals surface area contributed by atoms with Gasteiger partial charge in [0.25, 0.3) is 0 Å². The van der Waals surface area contributed by atoms with Crippen LogP contribution in [-0.2, 0) is 26.5 Å². The lowest BCUT2D eigenvalue weighted by atomic mass is 9.83. The maximum absolute atomic E-state index is 12.0. The van der Waals surface area contributed by atoms with Crippen molar-refractivity contribution in [2.45, 2.75) is 52.9 Å². The molecule has 0 saturated heterocycles. The highest BCUT2D eigenvalue weighted by Gasteiger charge is 2.17. The van der Waals surface area contributed by atoms with Crippen LogP contribution in [0.15, 0.2) is 12.1 Å². The third-order valence-electron chi connectivity index (χ3n) is 3.69. The second-order valence-corrected chi connectivity index (χ2v) is 9.19. The third-order valence-corrected chi connectivity index (χ3v) is 4.63. The lowest BCUT2D eigenvalue weighted by Gasteiger charge is -2.22. The van der Waals surface area contributed by atoms with Crippen LogP contribution in [0.4, 0.5) is 0 Å². The predicted octanol–water partition coefficient (Wildman–Crippen LogP) is 3.15. The Balaban J connectivity index is 2.93. The van der Waals surface area contributed by atoms with Gasteiger partial charge in [0, 0.05) is 19.1 Å². The van der Waals surface area contributed by atoms with E-state index in [0.29, 0.717) is 6.42 Å². The van der Waals surface area contributed by atoms with Crippen molar-refractivity contribution in [2.24, 2.45) is 0 Å². The highest BCUT2D eigenvalue weighted by molar-refractivity contribution is 7.90. The lowest BCUT2D eigenvalue weighted by molar-refractivity contribution is -0.118. The summed E-state index contributed by atoms with van der Waals surface area (Å²) >= 11 is 0. The second kappa shape index (κ2) is 6.30. The zero-order valence-corrected chi connectivity index (χ0v) is 14.7. The Bertz CT molecular complexity index is 611. The maximum Gasteiger partial charge on any atom is 0.147 e. The maximum atomic E-state index is 12.0. The van der Waals surface area contributed by atoms with Gasteiger partial charge in [0.2, 0.25) is 0 Å². The predicted molar refractivity (Wildman–Crippen MR) is 87.7 cm³/mol. The fourth-order valence-corrected chi connectivity index (χ4v) is 2.89. The number of carbonyl (C=O) groups excluding carboxylic acids is 1. The van der Waals surface area contributed by atoms with Gasteiger partial charge in [-0.2, -0.15) is 0 Å². The van der Waals surface area contributed by atoms with Crippen LogP contribution in [0.1, 0.15) is 49.4 Å². The molecule has 0 amide bonds. The van der Waals surface area contributed by atoms with Gasteiger partial charge in [-0.15, -0.1) is 0 Å². The van der Waals surface area contributed by atoms with E-state index < -0.39 is 9.84 Å². The van der Waals surface area contributed by atoms with Crippen molar-refractivity contribution in [3.8, 4) is 0 Å². The van der Waals surface area contributed by atoms with E-state index in [9.17, 15) is 13.2 Å². The van der Waals surface area contributed by atoms with E-state index in [4.69, 9.17) is 0 Å². The number of benzene rings is 1. The number of aryl methyl sites for hydroxylation is 2. The summed E-state index contributed by atoms with van der Waals surface area (Å²) in [7, 11) is -3.08. The second-order valence-electron chi connectivity index (χ2n) is 6.93. The van der Waals surface area contributed by atoms with E-state index in [1.165, 1.54) is 5.56 Å². The van der Waals surface area contributed by atoms with Crippen LogP contribution in [0.5, 0.6) is 0 Å². The van der Waals surface area contributed by atoms with Crippen LogP contribution in [0.3, 0.4) is 0 Å². The number of rotatable bonds is 5. The van der Waals surface area contributed by atoms with E-state index in [-0.39, 0.29) is 23.4 Å². The van der Waals surface area contributed by atoms with Gasteiger partial charge in [0.05, 0.1) is 5.75 Å². The van der Waals surface area contributed by atoms with Gasteiger partial charge in [0.15, 0.2) is 0 Å². The molecule has 1 aromatic rings. The molecule has 0 radical (unpaired) electrons. The third kappa shape index (κ3) is 5.62. The molecule has 4 heteroatoms. The minimum atomic E-state index is -3.08. The van der Waals surface area contributed by atoms with Gasteiger partial charge < -0.3 is 0 Å². The number of hydrogen-bond donors (Lipinski definition) is 0. The molecule has 0 aliphatic heterocycles. The summed E-state index contributed by atoms with van der Waals surface area (Å²) in [6.07, 6.45) is 1.57. The van der Waals surface area contributed by atoms with E-state index in [1.54, 1.807) is 0 Å². The fraction of sp³-hybridized carbons (Fsp3) is 0.588. The van der Waals surface area contributed by atoms with Crippen molar-refractivity contribution in [1.82, 2.24) is 0 Å². The average Bonchev–Trinajstić information content (AvgIpc) is 2.29. The van der Waals surface area contributed by atoms with Gasteiger partial charge in [0.1, 0.15) is 15.6 Å². The fourth-order valence-electron chi connectivity index (χ4n) is 2.29. The SMILES string of the molecule is Cc1cc(C(C)(C)C)cc(C)c1CC(=O)CCS(C)(=O)=O. The molecule has 0 heterocycles. The Morgan fingerprint density at radius 1 is 1.10 bits per heavy atom. The van der Waals surface area contributed by atoms with Crippen molar-refractivity contribution in [2.75, 3.05) is 12.0 Å². The summed E-state index contributed by atoms with van der Waals surface area (Å²) in [5.41, 5.74) is 4.57. The molecular weight excluding hydrogens is 284 g/mol. The van der Waals surface area contributed by atoms with Crippen LogP contribution in [-0.4, -0.2) is 26.2 Å². The largest absolute Gasteiger partial charge is 0.299 e. The normalized spacial score (nSPS) is 12.5. The smallest absolute Gasteiger partial charge is 0.147 e. The Kier molecular flexibility index (Phi) is 5.37. The van der Waals surface area contributed by atoms with E-state index in [2.05, 4.69) is 32.9 Å². The molecule has 0 aromatic heterocycles. The number of Topliss-reactive ketones (excluding diaryl/α,β-unsaturated/α-hetero) is 1. The first-order valence-corrected chi connectivity index (χ1v) is 9.26. The molecule has 0 aliphatic rings. The summed E-state index contributed by atoms with van der Waals surface area (Å²) in [4.78, 5) is 12.0. The summed E-state index contributed by atoms with van der Waals surface area (Å²) in [5, 5.41) is 0. The molecule has 0 atom stereocenters. The van der Waals surface area contributed by atoms with Crippen LogP contribution in [0.2, 0.25) is 0 Å². The Hall–Kier alpha value is -1.16. The molecule has 118 valence electrons. The van der Waals surface area contributed by atoms with Crippen molar-refractivity contribution in [3.63, 3.8) is 0 Å². The lowest BCUT2D eigenvalue weighted by Crippen LogP contribution is -2.15. The van der Waals surface area contributed by atoms with Crippen LogP contribution in [0.25, 0.3) is 0 Å². The number of carbonyl (C=O) groups is 1. The van der Waals surface area contributed by atoms with Crippen LogP contribution >= 0.6 is 0 Å². The highest BCUT2D eigenvalue weighted by Crippen LogP contribution is 2.27. The zero-order chi connectivity index (χ0) is 16.4. The monoisotopic (exact) mass is 310 g/mol. The van der Waals surface area contributed by atoms with Crippen molar-refractivity contribution < 1.29 is 13.2 Å². The number of ketones is 1. The van der Waals surface area contributed by atoms with Crippen LogP contribution in [0, 0.1) is 13.8 Å². The minimum absolute atomic E-state index is 0.0184. The molecule has 1 rings (SSSR count). The summed E-state index contributed by atoms with van der Waals surface area (Å²) in [6.45, 7) is 10.5. The Morgan fingerprint density at radius 2 is 1.57 bits per heavy atom. The van der Waals surface area contributed by atoms with Gasteiger partial charge in [-0.3, -0.25) is 4.79 Å². The molecular formula is C17H26O3S. The van der Waals surface area contributed by atoms with Crippen molar-refractivity contribution >= 4 is 15.6 Å². The van der Waals surface area contributed by atoms with Crippen LogP contribution < -0.4 is 0 Å². The van der Waals surface area contributed by atoms with Gasteiger partial charge in [-0.1, -0.05) is 32.9 Å². The molecule has 0 aliphatic carbocycles. The van der Waals surface area contributed by atoms with E-state index >= 15 is 0 Å². The minimum Gasteiger partial charge on any atom is -0.299 e. The molecule has 0 unspecified atom stereocenters. The first-order chi connectivity index (χ1) is 9.40. The van der Waals surface area contributed by atoms with Crippen molar-refractivity contribution in [3.05, 3.63) is 34.4 Å². The quantitative estimate of drug-likeness (QED) is 0.839. The molecule has 1 aromatic carbocycles. The molecule has 0 bridgehead atoms. The zero-order valence-electron chi connectivity index (χ0n) is 13.9.